The predicted octanol–water partition coefficient (Wildman–Crippen LogP) is 3.73. The van der Waals surface area contributed by atoms with Crippen molar-refractivity contribution in [1.82, 2.24) is 14.7 Å². The molecule has 0 aliphatic carbocycles. The van der Waals surface area contributed by atoms with E-state index in [-0.39, 0.29) is 5.91 Å². The minimum absolute atomic E-state index is 0.0599. The Morgan fingerprint density at radius 3 is 2.63 bits per heavy atom. The van der Waals surface area contributed by atoms with Crippen LogP contribution in [0.2, 0.25) is 0 Å². The molecule has 1 aromatic heterocycles. The fourth-order valence-corrected chi connectivity index (χ4v) is 3.32. The number of aromatic nitrogens is 2. The van der Waals surface area contributed by atoms with Crippen molar-refractivity contribution in [3.8, 4) is 5.88 Å². The largest absolute Gasteiger partial charge is 0.472 e. The van der Waals surface area contributed by atoms with Gasteiger partial charge in [-0.2, -0.15) is 0 Å². The molecule has 0 saturated carbocycles. The molecule has 27 heavy (non-hydrogen) atoms. The topological polar surface area (TPSA) is 47.4 Å². The van der Waals surface area contributed by atoms with Crippen LogP contribution in [-0.2, 0) is 19.7 Å². The van der Waals surface area contributed by atoms with Crippen molar-refractivity contribution in [2.45, 2.75) is 33.5 Å². The maximum Gasteiger partial charge on any atom is 0.254 e. The molecule has 138 valence electrons. The van der Waals surface area contributed by atoms with Crippen LogP contribution in [0.15, 0.2) is 54.6 Å². The molecule has 0 N–H and O–H groups in total. The lowest BCUT2D eigenvalue weighted by Crippen LogP contribution is -2.38. The molecule has 1 aliphatic heterocycles. The second kappa shape index (κ2) is 7.27. The summed E-state index contributed by atoms with van der Waals surface area (Å²) in [7, 11) is 0. The van der Waals surface area contributed by atoms with Gasteiger partial charge in [0.05, 0.1) is 18.8 Å². The highest BCUT2D eigenvalue weighted by molar-refractivity contribution is 5.94. The van der Waals surface area contributed by atoms with Gasteiger partial charge in [0.1, 0.15) is 6.61 Å². The van der Waals surface area contributed by atoms with Crippen molar-refractivity contribution in [2.24, 2.45) is 0 Å². The summed E-state index contributed by atoms with van der Waals surface area (Å²) in [6.45, 7) is 6.46. The molecular weight excluding hydrogens is 338 g/mol. The quantitative estimate of drug-likeness (QED) is 0.711. The van der Waals surface area contributed by atoms with Gasteiger partial charge in [0.2, 0.25) is 5.88 Å². The molecule has 4 rings (SSSR count). The van der Waals surface area contributed by atoms with Gasteiger partial charge >= 0.3 is 0 Å². The Morgan fingerprint density at radius 2 is 1.85 bits per heavy atom. The lowest BCUT2D eigenvalue weighted by atomic mass is 10.1. The number of benzene rings is 2. The molecule has 0 radical (unpaired) electrons. The summed E-state index contributed by atoms with van der Waals surface area (Å²) in [5.74, 6) is 0.667. The standard InChI is InChI=1S/C22H23N3O2/c1-16-6-8-19(9-7-16)22(26)24-10-11-25-20(14-24)13-21(23-25)27-15-18-5-3-4-17(2)12-18/h3-9,12-13H,10-11,14-15H2,1-2H3. The molecule has 0 spiro atoms. The minimum atomic E-state index is 0.0599. The van der Waals surface area contributed by atoms with Crippen LogP contribution in [0.1, 0.15) is 32.7 Å². The Labute approximate surface area is 159 Å². The third kappa shape index (κ3) is 3.87. The van der Waals surface area contributed by atoms with E-state index in [9.17, 15) is 4.79 Å². The van der Waals surface area contributed by atoms with E-state index in [1.807, 2.05) is 59.0 Å². The SMILES string of the molecule is Cc1ccc(C(=O)N2CCn3nc(OCc4cccc(C)c4)cc3C2)cc1. The molecule has 0 atom stereocenters. The molecule has 1 amide bonds. The fraction of sp³-hybridized carbons (Fsp3) is 0.273. The van der Waals surface area contributed by atoms with E-state index in [0.29, 0.717) is 32.1 Å². The highest BCUT2D eigenvalue weighted by Gasteiger charge is 2.23. The van der Waals surface area contributed by atoms with E-state index in [1.54, 1.807) is 0 Å². The number of rotatable bonds is 4. The zero-order valence-electron chi connectivity index (χ0n) is 15.7. The van der Waals surface area contributed by atoms with Crippen LogP contribution in [0.5, 0.6) is 5.88 Å². The van der Waals surface area contributed by atoms with Gasteiger partial charge in [-0.05, 0) is 31.5 Å². The first-order valence-corrected chi connectivity index (χ1v) is 9.19. The summed E-state index contributed by atoms with van der Waals surface area (Å²) in [6, 6.07) is 17.9. The second-order valence-electron chi connectivity index (χ2n) is 7.07. The molecule has 5 heteroatoms. The molecule has 0 fully saturated rings. The number of amides is 1. The Bertz CT molecular complexity index is 960. The summed E-state index contributed by atoms with van der Waals surface area (Å²) in [5, 5.41) is 4.52. The van der Waals surface area contributed by atoms with Gasteiger partial charge in [-0.15, -0.1) is 5.10 Å². The molecule has 1 aliphatic rings. The van der Waals surface area contributed by atoms with Crippen molar-refractivity contribution in [3.05, 3.63) is 82.5 Å². The van der Waals surface area contributed by atoms with Crippen LogP contribution in [-0.4, -0.2) is 27.1 Å². The lowest BCUT2D eigenvalue weighted by Gasteiger charge is -2.27. The molecule has 0 unspecified atom stereocenters. The van der Waals surface area contributed by atoms with Crippen LogP contribution in [0.4, 0.5) is 0 Å². The number of ether oxygens (including phenoxy) is 1. The Morgan fingerprint density at radius 1 is 1.04 bits per heavy atom. The van der Waals surface area contributed by atoms with Crippen LogP contribution >= 0.6 is 0 Å². The van der Waals surface area contributed by atoms with E-state index < -0.39 is 0 Å². The second-order valence-corrected chi connectivity index (χ2v) is 7.07. The zero-order chi connectivity index (χ0) is 18.8. The summed E-state index contributed by atoms with van der Waals surface area (Å²) in [5.41, 5.74) is 5.21. The summed E-state index contributed by atoms with van der Waals surface area (Å²) < 4.78 is 7.79. The Balaban J connectivity index is 1.42. The third-order valence-electron chi connectivity index (χ3n) is 4.83. The molecule has 2 aromatic carbocycles. The lowest BCUT2D eigenvalue weighted by molar-refractivity contribution is 0.0706. The van der Waals surface area contributed by atoms with E-state index >= 15 is 0 Å². The van der Waals surface area contributed by atoms with Crippen molar-refractivity contribution in [1.29, 1.82) is 0 Å². The van der Waals surface area contributed by atoms with Crippen molar-refractivity contribution in [2.75, 3.05) is 6.54 Å². The van der Waals surface area contributed by atoms with Gasteiger partial charge in [0.25, 0.3) is 5.91 Å². The first kappa shape index (κ1) is 17.3. The van der Waals surface area contributed by atoms with E-state index in [4.69, 9.17) is 4.74 Å². The number of aryl methyl sites for hydroxylation is 2. The Kier molecular flexibility index (Phi) is 4.67. The van der Waals surface area contributed by atoms with Gasteiger partial charge in [0, 0.05) is 18.2 Å². The summed E-state index contributed by atoms with van der Waals surface area (Å²) in [6.07, 6.45) is 0. The molecular formula is C22H23N3O2. The van der Waals surface area contributed by atoms with Gasteiger partial charge in [0.15, 0.2) is 0 Å². The molecule has 0 bridgehead atoms. The first-order valence-electron chi connectivity index (χ1n) is 9.19. The average Bonchev–Trinajstić information content (AvgIpc) is 3.08. The minimum Gasteiger partial charge on any atom is -0.472 e. The van der Waals surface area contributed by atoms with Crippen LogP contribution in [0.3, 0.4) is 0 Å². The van der Waals surface area contributed by atoms with Crippen LogP contribution < -0.4 is 4.74 Å². The fourth-order valence-electron chi connectivity index (χ4n) is 3.32. The average molecular weight is 361 g/mol. The van der Waals surface area contributed by atoms with Crippen molar-refractivity contribution >= 4 is 5.91 Å². The summed E-state index contributed by atoms with van der Waals surface area (Å²) >= 11 is 0. The number of fused-ring (bicyclic) bond motifs is 1. The number of carbonyl (C=O) groups excluding carboxylic acids is 1. The number of carbonyl (C=O) groups is 1. The molecule has 3 aromatic rings. The number of hydrogen-bond acceptors (Lipinski definition) is 3. The molecule has 5 nitrogen and oxygen atoms in total. The van der Waals surface area contributed by atoms with E-state index in [2.05, 4.69) is 24.2 Å². The van der Waals surface area contributed by atoms with Crippen LogP contribution in [0, 0.1) is 13.8 Å². The van der Waals surface area contributed by atoms with Crippen molar-refractivity contribution in [3.63, 3.8) is 0 Å². The first-order chi connectivity index (χ1) is 13.1. The molecule has 0 saturated heterocycles. The van der Waals surface area contributed by atoms with Gasteiger partial charge in [-0.3, -0.25) is 9.48 Å². The van der Waals surface area contributed by atoms with Crippen molar-refractivity contribution < 1.29 is 9.53 Å². The van der Waals surface area contributed by atoms with Crippen LogP contribution in [0.25, 0.3) is 0 Å². The smallest absolute Gasteiger partial charge is 0.254 e. The van der Waals surface area contributed by atoms with Gasteiger partial charge in [-0.1, -0.05) is 47.5 Å². The summed E-state index contributed by atoms with van der Waals surface area (Å²) in [4.78, 5) is 14.6. The third-order valence-corrected chi connectivity index (χ3v) is 4.83. The highest BCUT2D eigenvalue weighted by atomic mass is 16.5. The normalized spacial score (nSPS) is 13.3. The highest BCUT2D eigenvalue weighted by Crippen LogP contribution is 2.21. The van der Waals surface area contributed by atoms with E-state index in [0.717, 1.165) is 22.4 Å². The maximum absolute atomic E-state index is 12.7. The zero-order valence-corrected chi connectivity index (χ0v) is 15.7. The Hall–Kier alpha value is -3.08. The monoisotopic (exact) mass is 361 g/mol. The van der Waals surface area contributed by atoms with Gasteiger partial charge < -0.3 is 9.64 Å². The number of hydrogen-bond donors (Lipinski definition) is 0. The predicted molar refractivity (Wildman–Crippen MR) is 104 cm³/mol. The van der Waals surface area contributed by atoms with Gasteiger partial charge in [-0.25, -0.2) is 0 Å². The number of nitrogens with zero attached hydrogens (tertiary/aromatic N) is 3. The molecule has 2 heterocycles. The van der Waals surface area contributed by atoms with E-state index in [1.165, 1.54) is 5.56 Å². The maximum atomic E-state index is 12.7.